The summed E-state index contributed by atoms with van der Waals surface area (Å²) < 4.78 is 0. The number of hydrogen-bond donors (Lipinski definition) is 0. The maximum absolute atomic E-state index is 2.23. The van der Waals surface area contributed by atoms with E-state index in [2.05, 4.69) is 6.26 Å². The number of hydrogen-bond acceptors (Lipinski definition) is 1. The summed E-state index contributed by atoms with van der Waals surface area (Å²) in [6.07, 6.45) is 15.7. The maximum atomic E-state index is 2.23. The van der Waals surface area contributed by atoms with Gasteiger partial charge in [-0.2, -0.15) is 11.8 Å². The summed E-state index contributed by atoms with van der Waals surface area (Å²) >= 11 is 2.01. The summed E-state index contributed by atoms with van der Waals surface area (Å²) in [6, 6.07) is 0. The van der Waals surface area contributed by atoms with Crippen molar-refractivity contribution in [3.63, 3.8) is 0 Å². The Bertz CT molecular complexity index is 102. The van der Waals surface area contributed by atoms with Gasteiger partial charge in [0, 0.05) is 0 Å². The zero-order valence-corrected chi connectivity index (χ0v) is 9.87. The molecule has 0 nitrogen and oxygen atoms in total. The lowest BCUT2D eigenvalue weighted by Crippen LogP contribution is -2.01. The van der Waals surface area contributed by atoms with Crippen molar-refractivity contribution in [2.45, 2.75) is 57.8 Å². The van der Waals surface area contributed by atoms with Crippen LogP contribution in [0.5, 0.6) is 0 Å². The molecule has 0 atom stereocenters. The van der Waals surface area contributed by atoms with E-state index in [0.29, 0.717) is 0 Å². The van der Waals surface area contributed by atoms with Gasteiger partial charge >= 0.3 is 0 Å². The van der Waals surface area contributed by atoms with E-state index in [1.807, 2.05) is 11.8 Å². The molecule has 0 heterocycles. The Balaban J connectivity index is 2.16. The summed E-state index contributed by atoms with van der Waals surface area (Å²) in [5.41, 5.74) is 0. The van der Waals surface area contributed by atoms with Crippen molar-refractivity contribution in [1.29, 1.82) is 0 Å². The van der Waals surface area contributed by atoms with E-state index in [9.17, 15) is 0 Å². The molecule has 0 aliphatic heterocycles. The summed E-state index contributed by atoms with van der Waals surface area (Å²) in [4.78, 5) is 0. The smallest absolute Gasteiger partial charge is 0.00677 e. The van der Waals surface area contributed by atoms with Crippen molar-refractivity contribution in [3.05, 3.63) is 0 Å². The molecule has 1 saturated carbocycles. The van der Waals surface area contributed by atoms with Crippen molar-refractivity contribution in [2.75, 3.05) is 12.0 Å². The van der Waals surface area contributed by atoms with E-state index < -0.39 is 0 Å². The highest BCUT2D eigenvalue weighted by Gasteiger charge is 2.09. The molecule has 0 amide bonds. The number of thioether (sulfide) groups is 1. The van der Waals surface area contributed by atoms with E-state index in [-0.39, 0.29) is 0 Å². The van der Waals surface area contributed by atoms with Crippen LogP contribution in [0.4, 0.5) is 0 Å². The highest BCUT2D eigenvalue weighted by Crippen LogP contribution is 2.24. The predicted octanol–water partition coefficient (Wildman–Crippen LogP) is 4.49. The Morgan fingerprint density at radius 1 is 0.923 bits per heavy atom. The lowest BCUT2D eigenvalue weighted by Gasteiger charge is -2.14. The van der Waals surface area contributed by atoms with Crippen LogP contribution in [0.3, 0.4) is 0 Å². The van der Waals surface area contributed by atoms with Crippen LogP contribution in [0.25, 0.3) is 0 Å². The Morgan fingerprint density at radius 2 is 1.46 bits per heavy atom. The van der Waals surface area contributed by atoms with Gasteiger partial charge in [-0.25, -0.2) is 0 Å². The molecular weight excluding hydrogens is 176 g/mol. The van der Waals surface area contributed by atoms with Crippen molar-refractivity contribution >= 4 is 11.8 Å². The molecule has 13 heavy (non-hydrogen) atoms. The molecule has 0 radical (unpaired) electrons. The second-order valence-electron chi connectivity index (χ2n) is 4.35. The van der Waals surface area contributed by atoms with Gasteiger partial charge in [0.1, 0.15) is 0 Å². The average Bonchev–Trinajstić information content (AvgIpc) is 2.28. The van der Waals surface area contributed by atoms with E-state index in [1.54, 1.807) is 0 Å². The molecule has 0 spiro atoms. The molecule has 1 fully saturated rings. The molecule has 1 heteroatoms. The first-order valence-corrected chi connectivity index (χ1v) is 7.32. The Labute approximate surface area is 87.9 Å². The second kappa shape index (κ2) is 7.73. The quantitative estimate of drug-likeness (QED) is 0.647. The minimum atomic E-state index is 1.06. The van der Waals surface area contributed by atoms with Gasteiger partial charge in [0.25, 0.3) is 0 Å². The van der Waals surface area contributed by atoms with Gasteiger partial charge in [0.2, 0.25) is 0 Å². The van der Waals surface area contributed by atoms with E-state index in [0.717, 1.165) is 5.92 Å². The molecular formula is C12H24S. The molecule has 0 bridgehead atoms. The fourth-order valence-corrected chi connectivity index (χ4v) is 2.86. The Morgan fingerprint density at radius 3 is 2.00 bits per heavy atom. The van der Waals surface area contributed by atoms with Crippen molar-refractivity contribution in [1.82, 2.24) is 0 Å². The van der Waals surface area contributed by atoms with Crippen LogP contribution in [-0.4, -0.2) is 12.0 Å². The van der Waals surface area contributed by atoms with Gasteiger partial charge in [-0.1, -0.05) is 51.4 Å². The summed E-state index contributed by atoms with van der Waals surface area (Å²) in [6.45, 7) is 0. The van der Waals surface area contributed by atoms with E-state index in [4.69, 9.17) is 0 Å². The van der Waals surface area contributed by atoms with Crippen LogP contribution in [0.1, 0.15) is 57.8 Å². The molecule has 0 aromatic rings. The van der Waals surface area contributed by atoms with Crippen LogP contribution in [-0.2, 0) is 0 Å². The Hall–Kier alpha value is 0.350. The van der Waals surface area contributed by atoms with Crippen LogP contribution in [0.2, 0.25) is 0 Å². The van der Waals surface area contributed by atoms with Gasteiger partial charge in [0.05, 0.1) is 0 Å². The molecule has 1 aliphatic carbocycles. The lowest BCUT2D eigenvalue weighted by atomic mass is 9.94. The van der Waals surface area contributed by atoms with Crippen molar-refractivity contribution < 1.29 is 0 Å². The largest absolute Gasteiger partial charge is 0.165 e. The molecule has 1 aliphatic rings. The maximum Gasteiger partial charge on any atom is -0.00677 e. The molecule has 1 rings (SSSR count). The normalized spacial score (nSPS) is 21.9. The van der Waals surface area contributed by atoms with Crippen LogP contribution in [0, 0.1) is 5.92 Å². The summed E-state index contributed by atoms with van der Waals surface area (Å²) in [5.74, 6) is 2.44. The third-order valence-corrected chi connectivity index (χ3v) is 3.85. The number of rotatable bonds is 3. The molecule has 0 N–H and O–H groups in total. The monoisotopic (exact) mass is 200 g/mol. The molecule has 0 saturated heterocycles. The molecule has 78 valence electrons. The van der Waals surface area contributed by atoms with Crippen molar-refractivity contribution in [3.8, 4) is 0 Å². The SMILES string of the molecule is CSCCC1CCCCCCCC1. The van der Waals surface area contributed by atoms with E-state index in [1.165, 1.54) is 63.5 Å². The van der Waals surface area contributed by atoms with Gasteiger partial charge in [-0.15, -0.1) is 0 Å². The van der Waals surface area contributed by atoms with Crippen LogP contribution >= 0.6 is 11.8 Å². The van der Waals surface area contributed by atoms with Gasteiger partial charge in [-0.3, -0.25) is 0 Å². The highest BCUT2D eigenvalue weighted by atomic mass is 32.2. The molecule has 0 aromatic heterocycles. The van der Waals surface area contributed by atoms with Crippen molar-refractivity contribution in [2.24, 2.45) is 5.92 Å². The minimum absolute atomic E-state index is 1.06. The second-order valence-corrected chi connectivity index (χ2v) is 5.33. The van der Waals surface area contributed by atoms with Crippen LogP contribution in [0.15, 0.2) is 0 Å². The highest BCUT2D eigenvalue weighted by molar-refractivity contribution is 7.98. The zero-order chi connectivity index (χ0) is 9.36. The molecule has 0 aromatic carbocycles. The van der Waals surface area contributed by atoms with Gasteiger partial charge in [-0.05, 0) is 24.3 Å². The first-order valence-electron chi connectivity index (χ1n) is 5.92. The fourth-order valence-electron chi connectivity index (χ4n) is 2.29. The minimum Gasteiger partial charge on any atom is -0.165 e. The van der Waals surface area contributed by atoms with Crippen LogP contribution < -0.4 is 0 Å². The summed E-state index contributed by atoms with van der Waals surface area (Å²) in [7, 11) is 0. The van der Waals surface area contributed by atoms with E-state index >= 15 is 0 Å². The molecule has 0 unspecified atom stereocenters. The first-order chi connectivity index (χ1) is 6.43. The third kappa shape index (κ3) is 5.61. The fraction of sp³-hybridized carbons (Fsp3) is 1.00. The summed E-state index contributed by atoms with van der Waals surface area (Å²) in [5, 5.41) is 0. The third-order valence-electron chi connectivity index (χ3n) is 3.20. The zero-order valence-electron chi connectivity index (χ0n) is 9.06. The standard InChI is InChI=1S/C12H24S/c1-13-11-10-12-8-6-4-2-3-5-7-9-12/h12H,2-11H2,1H3. The predicted molar refractivity (Wildman–Crippen MR) is 63.4 cm³/mol. The van der Waals surface area contributed by atoms with Gasteiger partial charge < -0.3 is 0 Å². The Kier molecular flexibility index (Phi) is 6.79. The lowest BCUT2D eigenvalue weighted by molar-refractivity contribution is 0.418. The van der Waals surface area contributed by atoms with Gasteiger partial charge in [0.15, 0.2) is 0 Å². The topological polar surface area (TPSA) is 0 Å². The first kappa shape index (κ1) is 11.4. The average molecular weight is 200 g/mol.